The van der Waals surface area contributed by atoms with Crippen molar-refractivity contribution < 1.29 is 4.79 Å². The van der Waals surface area contributed by atoms with Gasteiger partial charge in [0.15, 0.2) is 0 Å². The van der Waals surface area contributed by atoms with Gasteiger partial charge in [-0.25, -0.2) is 4.79 Å². The molecular formula is C17H20ClN3O. The number of hydrogen-bond donors (Lipinski definition) is 2. The minimum absolute atomic E-state index is 0.250. The number of amides is 2. The van der Waals surface area contributed by atoms with Crippen LogP contribution < -0.4 is 10.6 Å². The van der Waals surface area contributed by atoms with Gasteiger partial charge in [0.1, 0.15) is 0 Å². The third-order valence-electron chi connectivity index (χ3n) is 3.06. The number of hydrogen-bond acceptors (Lipinski definition) is 2. The van der Waals surface area contributed by atoms with Crippen LogP contribution in [-0.4, -0.2) is 25.0 Å². The molecule has 0 aromatic heterocycles. The van der Waals surface area contributed by atoms with Crippen LogP contribution in [0.1, 0.15) is 11.1 Å². The maximum absolute atomic E-state index is 11.8. The van der Waals surface area contributed by atoms with Crippen LogP contribution in [0.15, 0.2) is 48.5 Å². The molecule has 116 valence electrons. The molecule has 0 aliphatic rings. The second-order valence-corrected chi connectivity index (χ2v) is 5.81. The first-order valence-corrected chi connectivity index (χ1v) is 7.44. The predicted molar refractivity (Wildman–Crippen MR) is 91.1 cm³/mol. The molecule has 0 unspecified atom stereocenters. The number of nitrogens with zero attached hydrogens (tertiary/aromatic N) is 1. The first-order chi connectivity index (χ1) is 10.5. The lowest BCUT2D eigenvalue weighted by atomic mass is 10.1. The first kappa shape index (κ1) is 16.3. The van der Waals surface area contributed by atoms with E-state index in [1.807, 2.05) is 26.2 Å². The lowest BCUT2D eigenvalue weighted by Gasteiger charge is -2.11. The average Bonchev–Trinajstić information content (AvgIpc) is 2.46. The average molecular weight is 318 g/mol. The molecule has 0 aliphatic carbocycles. The molecule has 22 heavy (non-hydrogen) atoms. The summed E-state index contributed by atoms with van der Waals surface area (Å²) in [6.07, 6.45) is 0. The summed E-state index contributed by atoms with van der Waals surface area (Å²) in [5.74, 6) is 0. The Hall–Kier alpha value is -2.04. The van der Waals surface area contributed by atoms with Crippen molar-refractivity contribution in [2.75, 3.05) is 19.4 Å². The summed E-state index contributed by atoms with van der Waals surface area (Å²) < 4.78 is 0. The molecule has 0 radical (unpaired) electrons. The van der Waals surface area contributed by atoms with Gasteiger partial charge in [0.2, 0.25) is 0 Å². The summed E-state index contributed by atoms with van der Waals surface area (Å²) >= 11 is 5.88. The molecule has 0 aliphatic heterocycles. The van der Waals surface area contributed by atoms with Crippen molar-refractivity contribution in [3.05, 3.63) is 64.7 Å². The van der Waals surface area contributed by atoms with Crippen LogP contribution in [0.25, 0.3) is 0 Å². The fourth-order valence-electron chi connectivity index (χ4n) is 2.05. The fourth-order valence-corrected chi connectivity index (χ4v) is 2.24. The molecule has 0 fully saturated rings. The largest absolute Gasteiger partial charge is 0.334 e. The molecular weight excluding hydrogens is 298 g/mol. The molecule has 2 amide bonds. The standard InChI is InChI=1S/C17H20ClN3O/c1-21(2)12-14-8-6-13(7-9-14)11-19-17(22)20-16-5-3-4-15(18)10-16/h3-10H,11-12H2,1-2H3,(H2,19,20,22). The van der Waals surface area contributed by atoms with Crippen LogP contribution in [0.3, 0.4) is 0 Å². The zero-order valence-electron chi connectivity index (χ0n) is 12.8. The molecule has 0 bridgehead atoms. The van der Waals surface area contributed by atoms with Gasteiger partial charge in [0.05, 0.1) is 0 Å². The van der Waals surface area contributed by atoms with Gasteiger partial charge in [-0.2, -0.15) is 0 Å². The van der Waals surface area contributed by atoms with E-state index >= 15 is 0 Å². The molecule has 2 N–H and O–H groups in total. The topological polar surface area (TPSA) is 44.4 Å². The van der Waals surface area contributed by atoms with Gasteiger partial charge in [-0.15, -0.1) is 0 Å². The Bertz CT molecular complexity index is 626. The predicted octanol–water partition coefficient (Wildman–Crippen LogP) is 3.72. The summed E-state index contributed by atoms with van der Waals surface area (Å²) in [6.45, 7) is 1.39. The Morgan fingerprint density at radius 2 is 1.77 bits per heavy atom. The van der Waals surface area contributed by atoms with Crippen molar-refractivity contribution in [2.45, 2.75) is 13.1 Å². The Morgan fingerprint density at radius 3 is 2.41 bits per heavy atom. The summed E-state index contributed by atoms with van der Waals surface area (Å²) in [5, 5.41) is 6.16. The van der Waals surface area contributed by atoms with Crippen molar-refractivity contribution in [2.24, 2.45) is 0 Å². The minimum Gasteiger partial charge on any atom is -0.334 e. The van der Waals surface area contributed by atoms with Gasteiger partial charge in [0.25, 0.3) is 0 Å². The van der Waals surface area contributed by atoms with Crippen LogP contribution in [0.2, 0.25) is 5.02 Å². The van der Waals surface area contributed by atoms with Gasteiger partial charge in [-0.1, -0.05) is 41.9 Å². The molecule has 0 heterocycles. The molecule has 5 heteroatoms. The van der Waals surface area contributed by atoms with E-state index in [0.717, 1.165) is 12.1 Å². The van der Waals surface area contributed by atoms with Crippen LogP contribution in [-0.2, 0) is 13.1 Å². The maximum atomic E-state index is 11.8. The van der Waals surface area contributed by atoms with Gasteiger partial charge in [-0.3, -0.25) is 0 Å². The molecule has 2 rings (SSSR count). The Labute approximate surface area is 136 Å². The molecule has 2 aromatic carbocycles. The van der Waals surface area contributed by atoms with Crippen LogP contribution >= 0.6 is 11.6 Å². The van der Waals surface area contributed by atoms with Gasteiger partial charge >= 0.3 is 6.03 Å². The highest BCUT2D eigenvalue weighted by atomic mass is 35.5. The third kappa shape index (κ3) is 5.39. The van der Waals surface area contributed by atoms with E-state index < -0.39 is 0 Å². The van der Waals surface area contributed by atoms with Crippen LogP contribution in [0.5, 0.6) is 0 Å². The zero-order chi connectivity index (χ0) is 15.9. The van der Waals surface area contributed by atoms with Crippen molar-refractivity contribution in [3.8, 4) is 0 Å². The molecule has 0 atom stereocenters. The maximum Gasteiger partial charge on any atom is 0.319 e. The second kappa shape index (κ2) is 7.82. The number of rotatable bonds is 5. The summed E-state index contributed by atoms with van der Waals surface area (Å²) in [6, 6.07) is 15.0. The van der Waals surface area contributed by atoms with Crippen molar-refractivity contribution in [1.29, 1.82) is 0 Å². The van der Waals surface area contributed by atoms with E-state index in [1.54, 1.807) is 24.3 Å². The van der Waals surface area contributed by atoms with E-state index in [-0.39, 0.29) is 6.03 Å². The van der Waals surface area contributed by atoms with E-state index in [9.17, 15) is 4.79 Å². The van der Waals surface area contributed by atoms with Crippen molar-refractivity contribution >= 4 is 23.3 Å². The number of carbonyl (C=O) groups is 1. The summed E-state index contributed by atoms with van der Waals surface area (Å²) in [7, 11) is 4.07. The highest BCUT2D eigenvalue weighted by Gasteiger charge is 2.02. The van der Waals surface area contributed by atoms with Crippen LogP contribution in [0.4, 0.5) is 10.5 Å². The fraction of sp³-hybridized carbons (Fsp3) is 0.235. The highest BCUT2D eigenvalue weighted by molar-refractivity contribution is 6.30. The quantitative estimate of drug-likeness (QED) is 0.882. The SMILES string of the molecule is CN(C)Cc1ccc(CNC(=O)Nc2cccc(Cl)c2)cc1. The lowest BCUT2D eigenvalue weighted by Crippen LogP contribution is -2.28. The van der Waals surface area contributed by atoms with Gasteiger partial charge in [-0.05, 0) is 43.4 Å². The summed E-state index contributed by atoms with van der Waals surface area (Å²) in [5.41, 5.74) is 2.98. The number of carbonyl (C=O) groups excluding carboxylic acids is 1. The number of benzene rings is 2. The highest BCUT2D eigenvalue weighted by Crippen LogP contribution is 2.14. The number of urea groups is 1. The molecule has 2 aromatic rings. The van der Waals surface area contributed by atoms with E-state index in [0.29, 0.717) is 17.3 Å². The number of anilines is 1. The van der Waals surface area contributed by atoms with Gasteiger partial charge in [0, 0.05) is 23.8 Å². The Morgan fingerprint density at radius 1 is 1.09 bits per heavy atom. The Kier molecular flexibility index (Phi) is 5.81. The lowest BCUT2D eigenvalue weighted by molar-refractivity contribution is 0.251. The molecule has 4 nitrogen and oxygen atoms in total. The molecule has 0 saturated heterocycles. The second-order valence-electron chi connectivity index (χ2n) is 5.37. The van der Waals surface area contributed by atoms with Crippen LogP contribution in [0, 0.1) is 0 Å². The van der Waals surface area contributed by atoms with E-state index in [2.05, 4.69) is 27.7 Å². The third-order valence-corrected chi connectivity index (χ3v) is 3.29. The van der Waals surface area contributed by atoms with Gasteiger partial charge < -0.3 is 15.5 Å². The van der Waals surface area contributed by atoms with Crippen molar-refractivity contribution in [3.63, 3.8) is 0 Å². The Balaban J connectivity index is 1.83. The normalized spacial score (nSPS) is 10.5. The van der Waals surface area contributed by atoms with E-state index in [4.69, 9.17) is 11.6 Å². The molecule has 0 spiro atoms. The number of halogens is 1. The smallest absolute Gasteiger partial charge is 0.319 e. The number of nitrogens with one attached hydrogen (secondary N) is 2. The monoisotopic (exact) mass is 317 g/mol. The van der Waals surface area contributed by atoms with Crippen molar-refractivity contribution in [1.82, 2.24) is 10.2 Å². The zero-order valence-corrected chi connectivity index (χ0v) is 13.5. The molecule has 0 saturated carbocycles. The minimum atomic E-state index is -0.250. The van der Waals surface area contributed by atoms with E-state index in [1.165, 1.54) is 5.56 Å². The summed E-state index contributed by atoms with van der Waals surface area (Å²) in [4.78, 5) is 14.0. The first-order valence-electron chi connectivity index (χ1n) is 7.06.